The SMILES string of the molecule is COC(CCCC/C=C1/CCCCC1O[Si](C(C)C)(C(C)C)C(C)C)OC. The maximum Gasteiger partial charge on any atom is 0.201 e. The Labute approximate surface area is 170 Å². The Hall–Kier alpha value is -0.163. The zero-order valence-electron chi connectivity index (χ0n) is 19.3. The van der Waals surface area contributed by atoms with Gasteiger partial charge in [0.1, 0.15) is 0 Å². The summed E-state index contributed by atoms with van der Waals surface area (Å²) in [7, 11) is 1.62. The van der Waals surface area contributed by atoms with Gasteiger partial charge in [-0.2, -0.15) is 0 Å². The van der Waals surface area contributed by atoms with E-state index in [2.05, 4.69) is 47.6 Å². The predicted octanol–water partition coefficient (Wildman–Crippen LogP) is 7.23. The lowest BCUT2D eigenvalue weighted by atomic mass is 9.91. The molecule has 1 rings (SSSR count). The zero-order valence-corrected chi connectivity index (χ0v) is 20.3. The second-order valence-electron chi connectivity index (χ2n) is 9.13. The Bertz CT molecular complexity index is 406. The third kappa shape index (κ3) is 6.99. The molecule has 0 bridgehead atoms. The van der Waals surface area contributed by atoms with E-state index in [9.17, 15) is 0 Å². The van der Waals surface area contributed by atoms with E-state index < -0.39 is 8.32 Å². The Kier molecular flexibility index (Phi) is 11.4. The molecular formula is C23H46O3Si. The Morgan fingerprint density at radius 2 is 1.52 bits per heavy atom. The third-order valence-corrected chi connectivity index (χ3v) is 12.6. The van der Waals surface area contributed by atoms with Gasteiger partial charge < -0.3 is 13.9 Å². The molecule has 0 aromatic carbocycles. The van der Waals surface area contributed by atoms with Crippen LogP contribution in [0.4, 0.5) is 0 Å². The number of unbranched alkanes of at least 4 members (excludes halogenated alkanes) is 2. The Balaban J connectivity index is 2.73. The van der Waals surface area contributed by atoms with E-state index in [-0.39, 0.29) is 6.29 Å². The molecule has 0 aliphatic heterocycles. The molecule has 1 fully saturated rings. The number of hydrogen-bond acceptors (Lipinski definition) is 3. The average Bonchev–Trinajstić information content (AvgIpc) is 2.62. The van der Waals surface area contributed by atoms with Crippen LogP contribution in [0.1, 0.15) is 92.9 Å². The van der Waals surface area contributed by atoms with Gasteiger partial charge in [0.25, 0.3) is 0 Å². The van der Waals surface area contributed by atoms with Gasteiger partial charge in [0.15, 0.2) is 6.29 Å². The number of ether oxygens (including phenoxy) is 2. The minimum atomic E-state index is -1.81. The number of methoxy groups -OCH3 is 2. The molecule has 0 amide bonds. The van der Waals surface area contributed by atoms with Crippen molar-refractivity contribution >= 4 is 8.32 Å². The van der Waals surface area contributed by atoms with Crippen LogP contribution in [-0.4, -0.2) is 34.9 Å². The molecule has 1 aliphatic rings. The smallest absolute Gasteiger partial charge is 0.201 e. The molecule has 160 valence electrons. The van der Waals surface area contributed by atoms with E-state index >= 15 is 0 Å². The zero-order chi connectivity index (χ0) is 20.4. The van der Waals surface area contributed by atoms with Crippen molar-refractivity contribution in [3.05, 3.63) is 11.6 Å². The molecule has 3 nitrogen and oxygen atoms in total. The molecule has 0 heterocycles. The van der Waals surface area contributed by atoms with Crippen molar-refractivity contribution in [1.82, 2.24) is 0 Å². The van der Waals surface area contributed by atoms with Crippen LogP contribution in [0.15, 0.2) is 11.6 Å². The molecule has 0 N–H and O–H groups in total. The van der Waals surface area contributed by atoms with Crippen LogP contribution < -0.4 is 0 Å². The fourth-order valence-corrected chi connectivity index (χ4v) is 10.7. The molecule has 0 aromatic heterocycles. The topological polar surface area (TPSA) is 27.7 Å². The van der Waals surface area contributed by atoms with Crippen LogP contribution in [0.2, 0.25) is 16.6 Å². The molecule has 1 unspecified atom stereocenters. The van der Waals surface area contributed by atoms with Crippen molar-refractivity contribution in [3.63, 3.8) is 0 Å². The van der Waals surface area contributed by atoms with Crippen molar-refractivity contribution in [2.45, 2.75) is 122 Å². The first-order valence-corrected chi connectivity index (χ1v) is 13.4. The summed E-state index contributed by atoms with van der Waals surface area (Å²) in [5, 5.41) is 0. The maximum absolute atomic E-state index is 7.14. The monoisotopic (exact) mass is 398 g/mol. The highest BCUT2D eigenvalue weighted by molar-refractivity contribution is 6.77. The molecule has 0 spiro atoms. The lowest BCUT2D eigenvalue weighted by Crippen LogP contribution is -2.50. The van der Waals surface area contributed by atoms with Crippen LogP contribution >= 0.6 is 0 Å². The van der Waals surface area contributed by atoms with E-state index in [1.165, 1.54) is 32.1 Å². The number of allylic oxidation sites excluding steroid dienone is 1. The quantitative estimate of drug-likeness (QED) is 0.150. The molecule has 1 aliphatic carbocycles. The second kappa shape index (κ2) is 12.4. The van der Waals surface area contributed by atoms with Crippen molar-refractivity contribution in [3.8, 4) is 0 Å². The van der Waals surface area contributed by atoms with E-state index in [0.29, 0.717) is 22.7 Å². The van der Waals surface area contributed by atoms with Gasteiger partial charge in [0.05, 0.1) is 6.10 Å². The van der Waals surface area contributed by atoms with Gasteiger partial charge in [-0.25, -0.2) is 0 Å². The lowest BCUT2D eigenvalue weighted by Gasteiger charge is -2.46. The van der Waals surface area contributed by atoms with Crippen LogP contribution in [-0.2, 0) is 13.9 Å². The van der Waals surface area contributed by atoms with Gasteiger partial charge in [0.2, 0.25) is 8.32 Å². The minimum absolute atomic E-state index is 0.0573. The van der Waals surface area contributed by atoms with Crippen molar-refractivity contribution in [2.75, 3.05) is 14.2 Å². The van der Waals surface area contributed by atoms with E-state index in [1.54, 1.807) is 19.8 Å². The average molecular weight is 399 g/mol. The highest BCUT2D eigenvalue weighted by Crippen LogP contribution is 2.45. The summed E-state index contributed by atoms with van der Waals surface area (Å²) in [6.45, 7) is 14.3. The normalized spacial score (nSPS) is 20.6. The first-order chi connectivity index (χ1) is 12.8. The molecule has 0 saturated heterocycles. The van der Waals surface area contributed by atoms with Gasteiger partial charge in [-0.15, -0.1) is 0 Å². The largest absolute Gasteiger partial charge is 0.409 e. The van der Waals surface area contributed by atoms with E-state index in [0.717, 1.165) is 19.3 Å². The minimum Gasteiger partial charge on any atom is -0.409 e. The number of hydrogen-bond donors (Lipinski definition) is 0. The highest BCUT2D eigenvalue weighted by Gasteiger charge is 2.47. The molecule has 0 aromatic rings. The Morgan fingerprint density at radius 1 is 0.926 bits per heavy atom. The second-order valence-corrected chi connectivity index (χ2v) is 14.5. The molecule has 0 radical (unpaired) electrons. The summed E-state index contributed by atoms with van der Waals surface area (Å²) < 4.78 is 17.7. The van der Waals surface area contributed by atoms with Crippen LogP contribution in [0, 0.1) is 0 Å². The first kappa shape index (κ1) is 24.9. The number of rotatable bonds is 12. The Morgan fingerprint density at radius 3 is 2.04 bits per heavy atom. The summed E-state index contributed by atoms with van der Waals surface area (Å²) in [5.41, 5.74) is 3.54. The standard InChI is InChI=1S/C23H46O3Si/c1-18(2)27(19(3)4,20(5)6)26-22-16-13-12-15-21(22)14-10-9-11-17-23(24-7)25-8/h14,18-20,22-23H,9-13,15-17H2,1-8H3/b21-14-. The van der Waals surface area contributed by atoms with Crippen LogP contribution in [0.25, 0.3) is 0 Å². The van der Waals surface area contributed by atoms with Crippen molar-refractivity contribution in [2.24, 2.45) is 0 Å². The molecular weight excluding hydrogens is 352 g/mol. The summed E-state index contributed by atoms with van der Waals surface area (Å²) in [6.07, 6.45) is 12.3. The van der Waals surface area contributed by atoms with Crippen LogP contribution in [0.5, 0.6) is 0 Å². The summed E-state index contributed by atoms with van der Waals surface area (Å²) >= 11 is 0. The summed E-state index contributed by atoms with van der Waals surface area (Å²) in [4.78, 5) is 0. The van der Waals surface area contributed by atoms with Gasteiger partial charge >= 0.3 is 0 Å². The van der Waals surface area contributed by atoms with Gasteiger partial charge in [0, 0.05) is 14.2 Å². The van der Waals surface area contributed by atoms with Crippen molar-refractivity contribution < 1.29 is 13.9 Å². The molecule has 1 atom stereocenters. The first-order valence-electron chi connectivity index (χ1n) is 11.2. The third-order valence-electron chi connectivity index (χ3n) is 6.48. The fraction of sp³-hybridized carbons (Fsp3) is 0.913. The van der Waals surface area contributed by atoms with E-state index in [4.69, 9.17) is 13.9 Å². The van der Waals surface area contributed by atoms with Gasteiger partial charge in [-0.05, 0) is 67.1 Å². The van der Waals surface area contributed by atoms with Gasteiger partial charge in [-0.1, -0.05) is 54.0 Å². The predicted molar refractivity (Wildman–Crippen MR) is 119 cm³/mol. The summed E-state index contributed by atoms with van der Waals surface area (Å²) in [6, 6.07) is 0. The molecule has 4 heteroatoms. The van der Waals surface area contributed by atoms with Crippen LogP contribution in [0.3, 0.4) is 0 Å². The molecule has 1 saturated carbocycles. The fourth-order valence-electron chi connectivity index (χ4n) is 5.10. The van der Waals surface area contributed by atoms with Crippen molar-refractivity contribution in [1.29, 1.82) is 0 Å². The van der Waals surface area contributed by atoms with E-state index in [1.807, 2.05) is 0 Å². The molecule has 27 heavy (non-hydrogen) atoms. The highest BCUT2D eigenvalue weighted by atomic mass is 28.4. The maximum atomic E-state index is 7.14. The lowest BCUT2D eigenvalue weighted by molar-refractivity contribution is -0.107. The summed E-state index contributed by atoms with van der Waals surface area (Å²) in [5.74, 6) is 0. The van der Waals surface area contributed by atoms with Gasteiger partial charge in [-0.3, -0.25) is 0 Å².